The molecule has 0 bridgehead atoms. The number of amides is 1. The molecule has 1 aromatic rings. The summed E-state index contributed by atoms with van der Waals surface area (Å²) in [6.45, 7) is 4.43. The summed E-state index contributed by atoms with van der Waals surface area (Å²) in [5.41, 5.74) is 1.32. The lowest BCUT2D eigenvalue weighted by Crippen LogP contribution is -2.43. The number of aryl methyl sites for hydroxylation is 1. The van der Waals surface area contributed by atoms with Crippen LogP contribution in [-0.2, 0) is 16.0 Å². The summed E-state index contributed by atoms with van der Waals surface area (Å²) in [4.78, 5) is 13.9. The lowest BCUT2D eigenvalue weighted by molar-refractivity contribution is -0.123. The van der Waals surface area contributed by atoms with Crippen molar-refractivity contribution in [1.29, 1.82) is 0 Å². The van der Waals surface area contributed by atoms with E-state index < -0.39 is 0 Å². The van der Waals surface area contributed by atoms with Gasteiger partial charge < -0.3 is 10.1 Å². The Balaban J connectivity index is 1.56. The van der Waals surface area contributed by atoms with Crippen LogP contribution in [-0.4, -0.2) is 50.2 Å². The Morgan fingerprint density at radius 2 is 1.95 bits per heavy atom. The Morgan fingerprint density at radius 3 is 2.68 bits per heavy atom. The van der Waals surface area contributed by atoms with E-state index in [-0.39, 0.29) is 5.91 Å². The number of carbonyl (C=O) groups excluding carboxylic acids is 1. The smallest absolute Gasteiger partial charge is 0.234 e. The van der Waals surface area contributed by atoms with Gasteiger partial charge in [-0.25, -0.2) is 0 Å². The van der Waals surface area contributed by atoms with Crippen molar-refractivity contribution in [2.75, 3.05) is 39.4 Å². The maximum Gasteiger partial charge on any atom is 0.234 e. The fourth-order valence-corrected chi connectivity index (χ4v) is 2.18. The third-order valence-electron chi connectivity index (χ3n) is 3.28. The molecule has 1 aromatic carbocycles. The minimum atomic E-state index is 0.120. The Morgan fingerprint density at radius 1 is 1.21 bits per heavy atom. The van der Waals surface area contributed by atoms with Gasteiger partial charge in [0.05, 0.1) is 19.8 Å². The first-order chi connectivity index (χ1) is 9.34. The second-order valence-electron chi connectivity index (χ2n) is 4.83. The SMILES string of the molecule is O=C(CN1CCOCC1)NCCCc1ccccc1. The molecule has 0 saturated carbocycles. The third-order valence-corrected chi connectivity index (χ3v) is 3.28. The monoisotopic (exact) mass is 262 g/mol. The molecule has 1 fully saturated rings. The molecule has 0 atom stereocenters. The minimum absolute atomic E-state index is 0.120. The summed E-state index contributed by atoms with van der Waals surface area (Å²) < 4.78 is 5.26. The molecular weight excluding hydrogens is 240 g/mol. The van der Waals surface area contributed by atoms with Crippen LogP contribution < -0.4 is 5.32 Å². The summed E-state index contributed by atoms with van der Waals surface area (Å²) in [6.07, 6.45) is 2.00. The minimum Gasteiger partial charge on any atom is -0.379 e. The highest BCUT2D eigenvalue weighted by atomic mass is 16.5. The Hall–Kier alpha value is -1.39. The molecule has 0 radical (unpaired) electrons. The molecule has 1 aliphatic rings. The van der Waals surface area contributed by atoms with Crippen LogP contribution in [0.2, 0.25) is 0 Å². The summed E-state index contributed by atoms with van der Waals surface area (Å²) in [7, 11) is 0. The van der Waals surface area contributed by atoms with E-state index in [2.05, 4.69) is 22.3 Å². The summed E-state index contributed by atoms with van der Waals surface area (Å²) >= 11 is 0. The van der Waals surface area contributed by atoms with Crippen molar-refractivity contribution < 1.29 is 9.53 Å². The van der Waals surface area contributed by atoms with Gasteiger partial charge in [0.1, 0.15) is 0 Å². The quantitative estimate of drug-likeness (QED) is 0.780. The molecule has 1 heterocycles. The topological polar surface area (TPSA) is 41.6 Å². The number of morpholine rings is 1. The van der Waals surface area contributed by atoms with Crippen LogP contribution in [0.1, 0.15) is 12.0 Å². The standard InChI is InChI=1S/C15H22N2O2/c18-15(13-17-9-11-19-12-10-17)16-8-4-7-14-5-2-1-3-6-14/h1-3,5-6H,4,7-13H2,(H,16,18). The highest BCUT2D eigenvalue weighted by Crippen LogP contribution is 2.01. The van der Waals surface area contributed by atoms with Crippen molar-refractivity contribution >= 4 is 5.91 Å². The van der Waals surface area contributed by atoms with E-state index in [9.17, 15) is 4.79 Å². The predicted octanol–water partition coefficient (Wildman–Crippen LogP) is 1.07. The molecule has 4 heteroatoms. The van der Waals surface area contributed by atoms with Gasteiger partial charge in [0, 0.05) is 19.6 Å². The van der Waals surface area contributed by atoms with E-state index in [1.165, 1.54) is 5.56 Å². The van der Waals surface area contributed by atoms with Crippen LogP contribution in [0, 0.1) is 0 Å². The van der Waals surface area contributed by atoms with E-state index in [4.69, 9.17) is 4.74 Å². The molecule has 1 saturated heterocycles. The fraction of sp³-hybridized carbons (Fsp3) is 0.533. The number of hydrogen-bond acceptors (Lipinski definition) is 3. The van der Waals surface area contributed by atoms with Gasteiger partial charge in [-0.15, -0.1) is 0 Å². The van der Waals surface area contributed by atoms with Gasteiger partial charge in [-0.1, -0.05) is 30.3 Å². The summed E-state index contributed by atoms with van der Waals surface area (Å²) in [6, 6.07) is 10.4. The molecule has 0 aromatic heterocycles. The van der Waals surface area contributed by atoms with Gasteiger partial charge in [-0.2, -0.15) is 0 Å². The molecule has 1 amide bonds. The van der Waals surface area contributed by atoms with Crippen molar-refractivity contribution in [3.05, 3.63) is 35.9 Å². The van der Waals surface area contributed by atoms with E-state index >= 15 is 0 Å². The summed E-state index contributed by atoms with van der Waals surface area (Å²) in [5, 5.41) is 2.98. The molecule has 1 aliphatic heterocycles. The lowest BCUT2D eigenvalue weighted by Gasteiger charge is -2.25. The van der Waals surface area contributed by atoms with Gasteiger partial charge in [-0.05, 0) is 18.4 Å². The first kappa shape index (κ1) is 14.0. The molecule has 0 unspecified atom stereocenters. The second kappa shape index (κ2) is 7.92. The van der Waals surface area contributed by atoms with Crippen LogP contribution >= 0.6 is 0 Å². The van der Waals surface area contributed by atoms with Crippen LogP contribution in [0.25, 0.3) is 0 Å². The highest BCUT2D eigenvalue weighted by molar-refractivity contribution is 5.77. The van der Waals surface area contributed by atoms with Gasteiger partial charge in [-0.3, -0.25) is 9.69 Å². The zero-order chi connectivity index (χ0) is 13.3. The van der Waals surface area contributed by atoms with Crippen LogP contribution in [0.4, 0.5) is 0 Å². The number of carbonyl (C=O) groups is 1. The number of hydrogen-bond donors (Lipinski definition) is 1. The first-order valence-electron chi connectivity index (χ1n) is 6.95. The number of benzene rings is 1. The third kappa shape index (κ3) is 5.41. The van der Waals surface area contributed by atoms with E-state index in [0.29, 0.717) is 6.54 Å². The van der Waals surface area contributed by atoms with Crippen molar-refractivity contribution in [3.8, 4) is 0 Å². The van der Waals surface area contributed by atoms with Gasteiger partial charge in [0.15, 0.2) is 0 Å². The largest absolute Gasteiger partial charge is 0.379 e. The number of rotatable bonds is 6. The molecule has 2 rings (SSSR count). The molecule has 19 heavy (non-hydrogen) atoms. The van der Waals surface area contributed by atoms with Crippen LogP contribution in [0.5, 0.6) is 0 Å². The van der Waals surface area contributed by atoms with Gasteiger partial charge >= 0.3 is 0 Å². The average Bonchev–Trinajstić information content (AvgIpc) is 2.46. The molecule has 104 valence electrons. The van der Waals surface area contributed by atoms with E-state index in [0.717, 1.165) is 45.7 Å². The molecular formula is C15H22N2O2. The van der Waals surface area contributed by atoms with Crippen molar-refractivity contribution in [3.63, 3.8) is 0 Å². The second-order valence-corrected chi connectivity index (χ2v) is 4.83. The highest BCUT2D eigenvalue weighted by Gasteiger charge is 2.13. The number of nitrogens with zero attached hydrogens (tertiary/aromatic N) is 1. The molecule has 1 N–H and O–H groups in total. The van der Waals surface area contributed by atoms with Crippen molar-refractivity contribution in [2.24, 2.45) is 0 Å². The first-order valence-corrected chi connectivity index (χ1v) is 6.95. The lowest BCUT2D eigenvalue weighted by atomic mass is 10.1. The number of ether oxygens (including phenoxy) is 1. The van der Waals surface area contributed by atoms with Crippen LogP contribution in [0.3, 0.4) is 0 Å². The maximum atomic E-state index is 11.7. The Kier molecular flexibility index (Phi) is 5.85. The zero-order valence-electron chi connectivity index (χ0n) is 11.3. The fourth-order valence-electron chi connectivity index (χ4n) is 2.18. The molecule has 4 nitrogen and oxygen atoms in total. The van der Waals surface area contributed by atoms with Crippen LogP contribution in [0.15, 0.2) is 30.3 Å². The van der Waals surface area contributed by atoms with Crippen molar-refractivity contribution in [1.82, 2.24) is 10.2 Å². The summed E-state index contributed by atoms with van der Waals surface area (Å²) in [5.74, 6) is 0.120. The predicted molar refractivity (Wildman–Crippen MR) is 75.0 cm³/mol. The number of nitrogens with one attached hydrogen (secondary N) is 1. The molecule has 0 aliphatic carbocycles. The normalized spacial score (nSPS) is 16.2. The zero-order valence-corrected chi connectivity index (χ0v) is 11.3. The van der Waals surface area contributed by atoms with Gasteiger partial charge in [0.25, 0.3) is 0 Å². The average molecular weight is 262 g/mol. The van der Waals surface area contributed by atoms with E-state index in [1.54, 1.807) is 0 Å². The Bertz CT molecular complexity index is 375. The van der Waals surface area contributed by atoms with E-state index in [1.807, 2.05) is 18.2 Å². The van der Waals surface area contributed by atoms with Gasteiger partial charge in [0.2, 0.25) is 5.91 Å². The van der Waals surface area contributed by atoms with Crippen molar-refractivity contribution in [2.45, 2.75) is 12.8 Å². The maximum absolute atomic E-state index is 11.7. The molecule has 0 spiro atoms. The Labute approximate surface area is 114 Å².